The Labute approximate surface area is 139 Å². The molecule has 22 heavy (non-hydrogen) atoms. The van der Waals surface area contributed by atoms with Gasteiger partial charge in [0.15, 0.2) is 11.5 Å². The molecule has 0 bridgehead atoms. The fourth-order valence-corrected chi connectivity index (χ4v) is 2.59. The second kappa shape index (κ2) is 7.87. The van der Waals surface area contributed by atoms with Gasteiger partial charge in [-0.05, 0) is 17.7 Å². The van der Waals surface area contributed by atoms with E-state index in [2.05, 4.69) is 10.6 Å². The molecule has 1 fully saturated rings. The van der Waals surface area contributed by atoms with Crippen LogP contribution in [0.25, 0.3) is 0 Å². The highest BCUT2D eigenvalue weighted by Crippen LogP contribution is 2.38. The van der Waals surface area contributed by atoms with Crippen LogP contribution in [0.5, 0.6) is 11.5 Å². The average Bonchev–Trinajstić information content (AvgIpc) is 2.53. The van der Waals surface area contributed by atoms with Gasteiger partial charge in [0.05, 0.1) is 11.6 Å². The quantitative estimate of drug-likeness (QED) is 0.857. The van der Waals surface area contributed by atoms with E-state index in [1.54, 1.807) is 6.07 Å². The van der Waals surface area contributed by atoms with E-state index in [9.17, 15) is 4.79 Å². The molecular formula is C14H18Cl2N2O4. The Balaban J connectivity index is 0.00000176. The normalized spacial score (nSPS) is 20.0. The SMILES string of the molecule is Cl.O=C(NCc1cc(Cl)c2c(c1)OCCO2)C1CNCCO1. The Bertz CT molecular complexity index is 536. The van der Waals surface area contributed by atoms with Crippen LogP contribution in [0.3, 0.4) is 0 Å². The van der Waals surface area contributed by atoms with Crippen LogP contribution < -0.4 is 20.1 Å². The molecule has 1 amide bonds. The van der Waals surface area contributed by atoms with Gasteiger partial charge in [-0.1, -0.05) is 11.6 Å². The van der Waals surface area contributed by atoms with Crippen molar-refractivity contribution >= 4 is 29.9 Å². The molecule has 0 radical (unpaired) electrons. The number of fused-ring (bicyclic) bond motifs is 1. The second-order valence-corrected chi connectivity index (χ2v) is 5.29. The Morgan fingerprint density at radius 3 is 2.91 bits per heavy atom. The maximum Gasteiger partial charge on any atom is 0.250 e. The summed E-state index contributed by atoms with van der Waals surface area (Å²) < 4.78 is 16.4. The fraction of sp³-hybridized carbons (Fsp3) is 0.500. The molecule has 8 heteroatoms. The summed E-state index contributed by atoms with van der Waals surface area (Å²) in [4.78, 5) is 12.0. The first-order valence-corrected chi connectivity index (χ1v) is 7.30. The first-order valence-electron chi connectivity index (χ1n) is 6.92. The number of morpholine rings is 1. The monoisotopic (exact) mass is 348 g/mol. The largest absolute Gasteiger partial charge is 0.486 e. The van der Waals surface area contributed by atoms with Gasteiger partial charge in [-0.3, -0.25) is 4.79 Å². The van der Waals surface area contributed by atoms with Crippen LogP contribution in [0.15, 0.2) is 12.1 Å². The van der Waals surface area contributed by atoms with Crippen LogP contribution in [0.4, 0.5) is 0 Å². The maximum absolute atomic E-state index is 12.0. The summed E-state index contributed by atoms with van der Waals surface area (Å²) in [6, 6.07) is 3.61. The number of carbonyl (C=O) groups is 1. The predicted molar refractivity (Wildman–Crippen MR) is 84.1 cm³/mol. The molecule has 0 aromatic heterocycles. The van der Waals surface area contributed by atoms with Crippen LogP contribution in [0.1, 0.15) is 5.56 Å². The number of rotatable bonds is 3. The van der Waals surface area contributed by atoms with Crippen molar-refractivity contribution in [2.75, 3.05) is 32.9 Å². The zero-order valence-electron chi connectivity index (χ0n) is 11.9. The maximum atomic E-state index is 12.0. The highest BCUT2D eigenvalue weighted by molar-refractivity contribution is 6.32. The second-order valence-electron chi connectivity index (χ2n) is 4.88. The van der Waals surface area contributed by atoms with Crippen LogP contribution in [0, 0.1) is 0 Å². The molecule has 1 saturated heterocycles. The van der Waals surface area contributed by atoms with Gasteiger partial charge in [0, 0.05) is 19.6 Å². The number of halogens is 2. The lowest BCUT2D eigenvalue weighted by molar-refractivity contribution is -0.134. The molecular weight excluding hydrogens is 331 g/mol. The third-order valence-corrected chi connectivity index (χ3v) is 3.62. The van der Waals surface area contributed by atoms with Crippen molar-refractivity contribution in [2.45, 2.75) is 12.6 Å². The van der Waals surface area contributed by atoms with Gasteiger partial charge in [0.2, 0.25) is 0 Å². The Hall–Kier alpha value is -1.21. The van der Waals surface area contributed by atoms with Crippen molar-refractivity contribution in [1.82, 2.24) is 10.6 Å². The molecule has 2 N–H and O–H groups in total. The summed E-state index contributed by atoms with van der Waals surface area (Å²) >= 11 is 6.16. The molecule has 1 unspecified atom stereocenters. The smallest absolute Gasteiger partial charge is 0.250 e. The molecule has 0 spiro atoms. The topological polar surface area (TPSA) is 68.8 Å². The van der Waals surface area contributed by atoms with E-state index in [-0.39, 0.29) is 18.3 Å². The van der Waals surface area contributed by atoms with Gasteiger partial charge in [-0.25, -0.2) is 0 Å². The summed E-state index contributed by atoms with van der Waals surface area (Å²) in [6.45, 7) is 3.23. The lowest BCUT2D eigenvalue weighted by Gasteiger charge is -2.23. The molecule has 2 aliphatic rings. The van der Waals surface area contributed by atoms with Gasteiger partial charge in [-0.15, -0.1) is 12.4 Å². The average molecular weight is 349 g/mol. The number of benzene rings is 1. The van der Waals surface area contributed by atoms with Gasteiger partial charge in [0.1, 0.15) is 19.3 Å². The molecule has 1 atom stereocenters. The van der Waals surface area contributed by atoms with E-state index in [4.69, 9.17) is 25.8 Å². The molecule has 1 aromatic rings. The van der Waals surface area contributed by atoms with Crippen molar-refractivity contribution in [3.63, 3.8) is 0 Å². The highest BCUT2D eigenvalue weighted by atomic mass is 35.5. The van der Waals surface area contributed by atoms with E-state index < -0.39 is 6.10 Å². The minimum atomic E-state index is -0.438. The number of amides is 1. The third-order valence-electron chi connectivity index (χ3n) is 3.34. The van der Waals surface area contributed by atoms with Crippen LogP contribution >= 0.6 is 24.0 Å². The molecule has 2 heterocycles. The molecule has 122 valence electrons. The number of hydrogen-bond donors (Lipinski definition) is 2. The summed E-state index contributed by atoms with van der Waals surface area (Å²) in [5, 5.41) is 6.46. The van der Waals surface area contributed by atoms with E-state index in [1.807, 2.05) is 6.07 Å². The van der Waals surface area contributed by atoms with Gasteiger partial charge in [0.25, 0.3) is 5.91 Å². The summed E-state index contributed by atoms with van der Waals surface area (Å²) in [6.07, 6.45) is -0.438. The standard InChI is InChI=1S/C14H17ClN2O4.ClH/c15-10-5-9(6-11-13(10)21-4-3-20-11)7-17-14(18)12-8-16-1-2-19-12;/h5-6,12,16H,1-4,7-8H2,(H,17,18);1H. The zero-order chi connectivity index (χ0) is 14.7. The van der Waals surface area contributed by atoms with E-state index in [0.717, 1.165) is 12.1 Å². The highest BCUT2D eigenvalue weighted by Gasteiger charge is 2.22. The first kappa shape index (κ1) is 17.1. The predicted octanol–water partition coefficient (Wildman–Crippen LogP) is 1.14. The van der Waals surface area contributed by atoms with Crippen molar-refractivity contribution in [2.24, 2.45) is 0 Å². The van der Waals surface area contributed by atoms with E-state index >= 15 is 0 Å². The molecule has 1 aromatic carbocycles. The van der Waals surface area contributed by atoms with E-state index in [1.165, 1.54) is 0 Å². The molecule has 0 aliphatic carbocycles. The number of hydrogen-bond acceptors (Lipinski definition) is 5. The number of ether oxygens (including phenoxy) is 3. The van der Waals surface area contributed by atoms with E-state index in [0.29, 0.717) is 49.4 Å². The molecule has 3 rings (SSSR count). The minimum absolute atomic E-state index is 0. The summed E-state index contributed by atoms with van der Waals surface area (Å²) in [5.74, 6) is 1.06. The van der Waals surface area contributed by atoms with Crippen molar-refractivity contribution in [3.8, 4) is 11.5 Å². The van der Waals surface area contributed by atoms with Gasteiger partial charge < -0.3 is 24.8 Å². The summed E-state index contributed by atoms with van der Waals surface area (Å²) in [7, 11) is 0. The molecule has 6 nitrogen and oxygen atoms in total. The number of carbonyl (C=O) groups excluding carboxylic acids is 1. The molecule has 0 saturated carbocycles. The lowest BCUT2D eigenvalue weighted by Crippen LogP contribution is -2.47. The Kier molecular flexibility index (Phi) is 6.14. The summed E-state index contributed by atoms with van der Waals surface area (Å²) in [5.41, 5.74) is 0.862. The van der Waals surface area contributed by atoms with Crippen molar-refractivity contribution < 1.29 is 19.0 Å². The third kappa shape index (κ3) is 3.95. The Morgan fingerprint density at radius 2 is 2.14 bits per heavy atom. The van der Waals surface area contributed by atoms with Gasteiger partial charge >= 0.3 is 0 Å². The minimum Gasteiger partial charge on any atom is -0.486 e. The van der Waals surface area contributed by atoms with Crippen LogP contribution in [0.2, 0.25) is 5.02 Å². The lowest BCUT2D eigenvalue weighted by atomic mass is 10.2. The fourth-order valence-electron chi connectivity index (χ4n) is 2.30. The van der Waals surface area contributed by atoms with Crippen LogP contribution in [-0.2, 0) is 16.1 Å². The van der Waals surface area contributed by atoms with Gasteiger partial charge in [-0.2, -0.15) is 0 Å². The first-order chi connectivity index (χ1) is 10.2. The van der Waals surface area contributed by atoms with Crippen LogP contribution in [-0.4, -0.2) is 44.9 Å². The number of nitrogens with one attached hydrogen (secondary N) is 2. The van der Waals surface area contributed by atoms with Crippen molar-refractivity contribution in [1.29, 1.82) is 0 Å². The molecule has 2 aliphatic heterocycles. The Morgan fingerprint density at radius 1 is 1.32 bits per heavy atom. The van der Waals surface area contributed by atoms with Crippen molar-refractivity contribution in [3.05, 3.63) is 22.7 Å². The zero-order valence-corrected chi connectivity index (χ0v) is 13.5.